The summed E-state index contributed by atoms with van der Waals surface area (Å²) in [6, 6.07) is 9.78. The van der Waals surface area contributed by atoms with Gasteiger partial charge in [0.1, 0.15) is 5.75 Å². The minimum absolute atomic E-state index is 0.211. The van der Waals surface area contributed by atoms with Gasteiger partial charge in [-0.15, -0.1) is 0 Å². The maximum absolute atomic E-state index is 9.82. The van der Waals surface area contributed by atoms with Gasteiger partial charge >= 0.3 is 5.97 Å². The lowest BCUT2D eigenvalue weighted by Crippen LogP contribution is -1.95. The van der Waals surface area contributed by atoms with Crippen LogP contribution in [0.2, 0.25) is 0 Å². The molecule has 0 atom stereocenters. The molecule has 0 aliphatic heterocycles. The van der Waals surface area contributed by atoms with E-state index in [-0.39, 0.29) is 5.97 Å². The molecule has 1 heterocycles. The molecule has 0 fully saturated rings. The lowest BCUT2D eigenvalue weighted by Gasteiger charge is -2.00. The van der Waals surface area contributed by atoms with Crippen LogP contribution in [0, 0.1) is 0 Å². The van der Waals surface area contributed by atoms with Crippen molar-refractivity contribution in [3.05, 3.63) is 36.5 Å². The SMILES string of the molecule is CCOC(C)=O.COc1ccc2ncccc2c1. The fourth-order valence-corrected chi connectivity index (χ4v) is 1.38. The molecule has 96 valence electrons. The smallest absolute Gasteiger partial charge is 0.302 e. The fourth-order valence-electron chi connectivity index (χ4n) is 1.38. The van der Waals surface area contributed by atoms with Crippen molar-refractivity contribution in [1.29, 1.82) is 0 Å². The highest BCUT2D eigenvalue weighted by molar-refractivity contribution is 5.79. The first kappa shape index (κ1) is 14.0. The number of hydrogen-bond acceptors (Lipinski definition) is 4. The second kappa shape index (κ2) is 7.27. The summed E-state index contributed by atoms with van der Waals surface area (Å²) >= 11 is 0. The number of nitrogens with zero attached hydrogens (tertiary/aromatic N) is 1. The molecule has 4 heteroatoms. The Balaban J connectivity index is 0.000000232. The Kier molecular flexibility index (Phi) is 5.64. The number of benzene rings is 1. The van der Waals surface area contributed by atoms with Crippen molar-refractivity contribution in [1.82, 2.24) is 4.98 Å². The van der Waals surface area contributed by atoms with Gasteiger partial charge in [-0.25, -0.2) is 0 Å². The number of fused-ring (bicyclic) bond motifs is 1. The maximum atomic E-state index is 9.82. The number of aromatic nitrogens is 1. The molecule has 0 N–H and O–H groups in total. The van der Waals surface area contributed by atoms with Crippen molar-refractivity contribution in [3.8, 4) is 5.75 Å². The average Bonchev–Trinajstić information content (AvgIpc) is 2.38. The van der Waals surface area contributed by atoms with Crippen molar-refractivity contribution < 1.29 is 14.3 Å². The zero-order chi connectivity index (χ0) is 13.4. The molecule has 0 saturated heterocycles. The Bertz CT molecular complexity index is 511. The molecule has 0 aliphatic carbocycles. The highest BCUT2D eigenvalue weighted by Gasteiger charge is 1.94. The quantitative estimate of drug-likeness (QED) is 0.766. The minimum atomic E-state index is -0.211. The van der Waals surface area contributed by atoms with E-state index in [1.807, 2.05) is 30.3 Å². The number of ether oxygens (including phenoxy) is 2. The average molecular weight is 247 g/mol. The Morgan fingerprint density at radius 1 is 1.33 bits per heavy atom. The number of hydrogen-bond donors (Lipinski definition) is 0. The van der Waals surface area contributed by atoms with Crippen molar-refractivity contribution >= 4 is 16.9 Å². The van der Waals surface area contributed by atoms with Crippen LogP contribution in [0.15, 0.2) is 36.5 Å². The monoisotopic (exact) mass is 247 g/mol. The maximum Gasteiger partial charge on any atom is 0.302 e. The van der Waals surface area contributed by atoms with Crippen LogP contribution in [-0.2, 0) is 9.53 Å². The van der Waals surface area contributed by atoms with Gasteiger partial charge in [-0.3, -0.25) is 9.78 Å². The summed E-state index contributed by atoms with van der Waals surface area (Å²) in [4.78, 5) is 14.0. The second-order valence-electron chi connectivity index (χ2n) is 3.49. The van der Waals surface area contributed by atoms with E-state index in [1.165, 1.54) is 6.92 Å². The van der Waals surface area contributed by atoms with Gasteiger partial charge in [0.05, 0.1) is 19.2 Å². The first-order chi connectivity index (χ1) is 8.67. The summed E-state index contributed by atoms with van der Waals surface area (Å²) in [6.07, 6.45) is 1.79. The van der Waals surface area contributed by atoms with Crippen molar-refractivity contribution in [2.45, 2.75) is 13.8 Å². The van der Waals surface area contributed by atoms with Crippen molar-refractivity contribution in [2.75, 3.05) is 13.7 Å². The molecule has 2 rings (SSSR count). The Hall–Kier alpha value is -2.10. The van der Waals surface area contributed by atoms with Crippen molar-refractivity contribution in [3.63, 3.8) is 0 Å². The Morgan fingerprint density at radius 2 is 2.11 bits per heavy atom. The van der Waals surface area contributed by atoms with E-state index in [1.54, 1.807) is 20.2 Å². The van der Waals surface area contributed by atoms with Crippen LogP contribution in [0.3, 0.4) is 0 Å². The number of pyridine rings is 1. The highest BCUT2D eigenvalue weighted by atomic mass is 16.5. The van der Waals surface area contributed by atoms with Gasteiger partial charge in [-0.05, 0) is 31.2 Å². The summed E-state index contributed by atoms with van der Waals surface area (Å²) in [7, 11) is 1.66. The molecule has 0 radical (unpaired) electrons. The molecule has 0 bridgehead atoms. The summed E-state index contributed by atoms with van der Waals surface area (Å²) in [5.41, 5.74) is 0.998. The normalized spacial score (nSPS) is 9.28. The van der Waals surface area contributed by atoms with Crippen LogP contribution in [-0.4, -0.2) is 24.7 Å². The zero-order valence-electron chi connectivity index (χ0n) is 10.8. The molecular formula is C14H17NO3. The number of rotatable bonds is 2. The van der Waals surface area contributed by atoms with Crippen LogP contribution >= 0.6 is 0 Å². The van der Waals surface area contributed by atoms with Crippen LogP contribution in [0.25, 0.3) is 10.9 Å². The third-order valence-electron chi connectivity index (χ3n) is 2.16. The largest absolute Gasteiger partial charge is 0.497 e. The van der Waals surface area contributed by atoms with Gasteiger partial charge < -0.3 is 9.47 Å². The molecule has 0 amide bonds. The molecule has 0 spiro atoms. The van der Waals surface area contributed by atoms with Crippen LogP contribution in [0.5, 0.6) is 5.75 Å². The van der Waals surface area contributed by atoms with E-state index in [9.17, 15) is 4.79 Å². The third kappa shape index (κ3) is 4.41. The minimum Gasteiger partial charge on any atom is -0.497 e. The third-order valence-corrected chi connectivity index (χ3v) is 2.16. The Morgan fingerprint density at radius 3 is 2.67 bits per heavy atom. The topological polar surface area (TPSA) is 48.4 Å². The van der Waals surface area contributed by atoms with Gasteiger partial charge in [-0.1, -0.05) is 6.07 Å². The number of carbonyl (C=O) groups is 1. The first-order valence-electron chi connectivity index (χ1n) is 5.69. The molecule has 0 saturated carbocycles. The molecule has 1 aromatic heterocycles. The molecular weight excluding hydrogens is 230 g/mol. The molecule has 4 nitrogen and oxygen atoms in total. The summed E-state index contributed by atoms with van der Waals surface area (Å²) in [6.45, 7) is 3.65. The summed E-state index contributed by atoms with van der Waals surface area (Å²) in [5, 5.41) is 1.11. The highest BCUT2D eigenvalue weighted by Crippen LogP contribution is 2.17. The van der Waals surface area contributed by atoms with Crippen molar-refractivity contribution in [2.24, 2.45) is 0 Å². The van der Waals surface area contributed by atoms with E-state index in [0.29, 0.717) is 6.61 Å². The zero-order valence-corrected chi connectivity index (χ0v) is 10.8. The van der Waals surface area contributed by atoms with E-state index in [4.69, 9.17) is 4.74 Å². The van der Waals surface area contributed by atoms with Gasteiger partial charge in [0.25, 0.3) is 0 Å². The van der Waals surface area contributed by atoms with Gasteiger partial charge in [-0.2, -0.15) is 0 Å². The molecule has 1 aromatic carbocycles. The number of esters is 1. The van der Waals surface area contributed by atoms with Crippen LogP contribution < -0.4 is 4.74 Å². The first-order valence-corrected chi connectivity index (χ1v) is 5.69. The molecule has 0 unspecified atom stereocenters. The van der Waals surface area contributed by atoms with E-state index < -0.39 is 0 Å². The molecule has 18 heavy (non-hydrogen) atoms. The van der Waals surface area contributed by atoms with Gasteiger partial charge in [0, 0.05) is 18.5 Å². The van der Waals surface area contributed by atoms with E-state index in [0.717, 1.165) is 16.7 Å². The predicted octanol–water partition coefficient (Wildman–Crippen LogP) is 2.81. The van der Waals surface area contributed by atoms with Crippen LogP contribution in [0.4, 0.5) is 0 Å². The predicted molar refractivity (Wildman–Crippen MR) is 70.6 cm³/mol. The number of methoxy groups -OCH3 is 1. The fraction of sp³-hybridized carbons (Fsp3) is 0.286. The lowest BCUT2D eigenvalue weighted by molar-refractivity contribution is -0.140. The summed E-state index contributed by atoms with van der Waals surface area (Å²) in [5.74, 6) is 0.660. The van der Waals surface area contributed by atoms with Gasteiger partial charge in [0.15, 0.2) is 0 Å². The molecule has 0 aliphatic rings. The molecule has 2 aromatic rings. The number of carbonyl (C=O) groups excluding carboxylic acids is 1. The lowest BCUT2D eigenvalue weighted by atomic mass is 10.2. The van der Waals surface area contributed by atoms with E-state index >= 15 is 0 Å². The second-order valence-corrected chi connectivity index (χ2v) is 3.49. The standard InChI is InChI=1S/C10H9NO.C4H8O2/c1-12-9-4-5-10-8(7-9)3-2-6-11-10;1-3-6-4(2)5/h2-7H,1H3;3H2,1-2H3. The van der Waals surface area contributed by atoms with E-state index in [2.05, 4.69) is 9.72 Å². The summed E-state index contributed by atoms with van der Waals surface area (Å²) < 4.78 is 9.50. The Labute approximate surface area is 107 Å². The van der Waals surface area contributed by atoms with Crippen LogP contribution in [0.1, 0.15) is 13.8 Å². The van der Waals surface area contributed by atoms with Gasteiger partial charge in [0.2, 0.25) is 0 Å².